The molecule has 0 radical (unpaired) electrons. The van der Waals surface area contributed by atoms with Crippen molar-refractivity contribution in [2.45, 2.75) is 13.5 Å². The third-order valence-electron chi connectivity index (χ3n) is 3.03. The SMILES string of the molecule is Cc1cc(C(N)=O)ccc1CNc1ccc(Br)cc1Br. The van der Waals surface area contributed by atoms with Crippen LogP contribution >= 0.6 is 31.9 Å². The van der Waals surface area contributed by atoms with E-state index in [1.54, 1.807) is 6.07 Å². The van der Waals surface area contributed by atoms with E-state index in [4.69, 9.17) is 5.73 Å². The topological polar surface area (TPSA) is 55.1 Å². The molecule has 0 aromatic heterocycles. The number of nitrogens with one attached hydrogen (secondary N) is 1. The summed E-state index contributed by atoms with van der Waals surface area (Å²) in [5.74, 6) is -0.400. The zero-order chi connectivity index (χ0) is 14.7. The first kappa shape index (κ1) is 15.1. The summed E-state index contributed by atoms with van der Waals surface area (Å²) >= 11 is 6.94. The molecular weight excluding hydrogens is 384 g/mol. The number of primary amides is 1. The number of anilines is 1. The Labute approximate surface area is 134 Å². The van der Waals surface area contributed by atoms with Crippen LogP contribution in [-0.2, 0) is 6.54 Å². The smallest absolute Gasteiger partial charge is 0.248 e. The van der Waals surface area contributed by atoms with Gasteiger partial charge in [0.15, 0.2) is 0 Å². The lowest BCUT2D eigenvalue weighted by atomic mass is 10.0. The molecule has 0 saturated heterocycles. The van der Waals surface area contributed by atoms with Crippen LogP contribution < -0.4 is 11.1 Å². The van der Waals surface area contributed by atoms with E-state index in [1.165, 1.54) is 0 Å². The van der Waals surface area contributed by atoms with Crippen molar-refractivity contribution in [3.63, 3.8) is 0 Å². The van der Waals surface area contributed by atoms with Crippen molar-refractivity contribution >= 4 is 43.5 Å². The van der Waals surface area contributed by atoms with Gasteiger partial charge >= 0.3 is 0 Å². The Kier molecular flexibility index (Phi) is 4.83. The summed E-state index contributed by atoms with van der Waals surface area (Å²) < 4.78 is 2.02. The maximum absolute atomic E-state index is 11.1. The Balaban J connectivity index is 2.13. The van der Waals surface area contributed by atoms with Crippen LogP contribution in [0.5, 0.6) is 0 Å². The van der Waals surface area contributed by atoms with Gasteiger partial charge in [-0.15, -0.1) is 0 Å². The van der Waals surface area contributed by atoms with Gasteiger partial charge in [-0.05, 0) is 64.3 Å². The molecule has 0 fully saturated rings. The normalized spacial score (nSPS) is 10.3. The van der Waals surface area contributed by atoms with E-state index in [9.17, 15) is 4.79 Å². The highest BCUT2D eigenvalue weighted by Crippen LogP contribution is 2.26. The fraction of sp³-hybridized carbons (Fsp3) is 0.133. The lowest BCUT2D eigenvalue weighted by Gasteiger charge is -2.11. The first-order valence-electron chi connectivity index (χ1n) is 6.05. The summed E-state index contributed by atoms with van der Waals surface area (Å²) in [6.07, 6.45) is 0. The lowest BCUT2D eigenvalue weighted by molar-refractivity contribution is 0.1000. The molecule has 1 amide bonds. The third kappa shape index (κ3) is 3.61. The van der Waals surface area contributed by atoms with Gasteiger partial charge in [-0.25, -0.2) is 0 Å². The van der Waals surface area contributed by atoms with Gasteiger partial charge in [-0.1, -0.05) is 22.0 Å². The van der Waals surface area contributed by atoms with Crippen LogP contribution in [0, 0.1) is 6.92 Å². The molecule has 0 bridgehead atoms. The minimum absolute atomic E-state index is 0.400. The Morgan fingerprint density at radius 1 is 1.20 bits per heavy atom. The number of carbonyl (C=O) groups excluding carboxylic acids is 1. The Morgan fingerprint density at radius 2 is 1.95 bits per heavy atom. The first-order chi connectivity index (χ1) is 9.47. The van der Waals surface area contributed by atoms with Crippen LogP contribution in [0.2, 0.25) is 0 Å². The lowest BCUT2D eigenvalue weighted by Crippen LogP contribution is -2.11. The van der Waals surface area contributed by atoms with Crippen LogP contribution in [0.4, 0.5) is 5.69 Å². The number of hydrogen-bond donors (Lipinski definition) is 2. The quantitative estimate of drug-likeness (QED) is 0.810. The van der Waals surface area contributed by atoms with E-state index in [1.807, 2.05) is 37.3 Å². The molecule has 20 heavy (non-hydrogen) atoms. The molecule has 3 N–H and O–H groups in total. The van der Waals surface area contributed by atoms with Gasteiger partial charge in [0, 0.05) is 26.7 Å². The largest absolute Gasteiger partial charge is 0.380 e. The van der Waals surface area contributed by atoms with Crippen molar-refractivity contribution in [1.82, 2.24) is 0 Å². The van der Waals surface area contributed by atoms with Crippen LogP contribution in [0.25, 0.3) is 0 Å². The molecule has 0 heterocycles. The van der Waals surface area contributed by atoms with Crippen LogP contribution in [-0.4, -0.2) is 5.91 Å². The molecule has 2 aromatic rings. The number of hydrogen-bond acceptors (Lipinski definition) is 2. The molecule has 2 rings (SSSR count). The summed E-state index contributed by atoms with van der Waals surface area (Å²) in [5.41, 5.74) is 9.00. The van der Waals surface area contributed by atoms with Gasteiger partial charge in [-0.2, -0.15) is 0 Å². The van der Waals surface area contributed by atoms with Gasteiger partial charge < -0.3 is 11.1 Å². The Morgan fingerprint density at radius 3 is 2.55 bits per heavy atom. The Bertz CT molecular complexity index is 656. The molecule has 0 aliphatic carbocycles. The zero-order valence-electron chi connectivity index (χ0n) is 10.9. The van der Waals surface area contributed by atoms with Crippen molar-refractivity contribution in [2.75, 3.05) is 5.32 Å². The maximum Gasteiger partial charge on any atom is 0.248 e. The minimum Gasteiger partial charge on any atom is -0.380 e. The highest BCUT2D eigenvalue weighted by Gasteiger charge is 2.05. The molecule has 104 valence electrons. The summed E-state index contributed by atoms with van der Waals surface area (Å²) in [6, 6.07) is 11.5. The first-order valence-corrected chi connectivity index (χ1v) is 7.64. The molecule has 5 heteroatoms. The summed E-state index contributed by atoms with van der Waals surface area (Å²) in [6.45, 7) is 2.66. The van der Waals surface area contributed by atoms with Crippen LogP contribution in [0.3, 0.4) is 0 Å². The summed E-state index contributed by atoms with van der Waals surface area (Å²) in [4.78, 5) is 11.1. The molecule has 0 unspecified atom stereocenters. The maximum atomic E-state index is 11.1. The van der Waals surface area contributed by atoms with Gasteiger partial charge in [0.05, 0.1) is 0 Å². The monoisotopic (exact) mass is 396 g/mol. The second-order valence-electron chi connectivity index (χ2n) is 4.48. The van der Waals surface area contributed by atoms with E-state index in [0.29, 0.717) is 12.1 Å². The number of nitrogens with two attached hydrogens (primary N) is 1. The van der Waals surface area contributed by atoms with Crippen molar-refractivity contribution < 1.29 is 4.79 Å². The fourth-order valence-corrected chi connectivity index (χ4v) is 3.06. The molecule has 2 aromatic carbocycles. The predicted octanol–water partition coefficient (Wildman–Crippen LogP) is 4.23. The van der Waals surface area contributed by atoms with Crippen molar-refractivity contribution in [3.05, 3.63) is 62.0 Å². The van der Waals surface area contributed by atoms with E-state index >= 15 is 0 Å². The van der Waals surface area contributed by atoms with Gasteiger partial charge in [-0.3, -0.25) is 4.79 Å². The number of carbonyl (C=O) groups is 1. The molecule has 3 nitrogen and oxygen atoms in total. The number of aryl methyl sites for hydroxylation is 1. The second kappa shape index (κ2) is 6.41. The molecule has 0 spiro atoms. The van der Waals surface area contributed by atoms with Gasteiger partial charge in [0.25, 0.3) is 0 Å². The van der Waals surface area contributed by atoms with E-state index in [-0.39, 0.29) is 0 Å². The van der Waals surface area contributed by atoms with Crippen molar-refractivity contribution in [2.24, 2.45) is 5.73 Å². The number of benzene rings is 2. The van der Waals surface area contributed by atoms with E-state index < -0.39 is 5.91 Å². The average molecular weight is 398 g/mol. The van der Waals surface area contributed by atoms with Crippen molar-refractivity contribution in [3.8, 4) is 0 Å². The number of amides is 1. The van der Waals surface area contributed by atoms with Crippen LogP contribution in [0.1, 0.15) is 21.5 Å². The molecule has 0 aliphatic heterocycles. The molecular formula is C15H14Br2N2O. The summed E-state index contributed by atoms with van der Waals surface area (Å²) in [5, 5.41) is 3.36. The zero-order valence-corrected chi connectivity index (χ0v) is 14.1. The molecule has 0 atom stereocenters. The minimum atomic E-state index is -0.400. The molecule has 0 saturated carbocycles. The highest BCUT2D eigenvalue weighted by molar-refractivity contribution is 9.11. The number of rotatable bonds is 4. The van der Waals surface area contributed by atoms with Gasteiger partial charge in [0.1, 0.15) is 0 Å². The molecule has 0 aliphatic rings. The summed E-state index contributed by atoms with van der Waals surface area (Å²) in [7, 11) is 0. The standard InChI is InChI=1S/C15H14Br2N2O/c1-9-6-10(15(18)20)2-3-11(9)8-19-14-5-4-12(16)7-13(14)17/h2-7,19H,8H2,1H3,(H2,18,20). The second-order valence-corrected chi connectivity index (χ2v) is 6.25. The van der Waals surface area contributed by atoms with E-state index in [2.05, 4.69) is 37.2 Å². The Hall–Kier alpha value is -1.33. The van der Waals surface area contributed by atoms with E-state index in [0.717, 1.165) is 25.8 Å². The number of halogens is 2. The van der Waals surface area contributed by atoms with Gasteiger partial charge in [0.2, 0.25) is 5.91 Å². The average Bonchev–Trinajstić information content (AvgIpc) is 2.38. The van der Waals surface area contributed by atoms with Crippen molar-refractivity contribution in [1.29, 1.82) is 0 Å². The third-order valence-corrected chi connectivity index (χ3v) is 4.18. The predicted molar refractivity (Wildman–Crippen MR) is 88.9 cm³/mol. The highest BCUT2D eigenvalue weighted by atomic mass is 79.9. The fourth-order valence-electron chi connectivity index (χ4n) is 1.87. The van der Waals surface area contributed by atoms with Crippen LogP contribution in [0.15, 0.2) is 45.3 Å².